The summed E-state index contributed by atoms with van der Waals surface area (Å²) in [6.07, 6.45) is -2.68. The lowest BCUT2D eigenvalue weighted by Gasteiger charge is -2.04. The quantitative estimate of drug-likeness (QED) is 0.734. The number of carboxylic acids is 1. The third-order valence-corrected chi connectivity index (χ3v) is 1.77. The lowest BCUT2D eigenvalue weighted by molar-refractivity contribution is -0.192. The molecule has 1 aliphatic carbocycles. The number of alkyl halides is 3. The van der Waals surface area contributed by atoms with Crippen molar-refractivity contribution in [1.82, 2.24) is 0 Å². The molecule has 0 saturated heterocycles. The van der Waals surface area contributed by atoms with Crippen molar-refractivity contribution in [2.24, 2.45) is 11.7 Å². The largest absolute Gasteiger partial charge is 0.490 e. The maximum absolute atomic E-state index is 10.7. The van der Waals surface area contributed by atoms with E-state index < -0.39 is 18.2 Å². The van der Waals surface area contributed by atoms with Crippen molar-refractivity contribution in [2.75, 3.05) is 6.61 Å². The highest BCUT2D eigenvalue weighted by atomic mass is 19.4. The predicted molar refractivity (Wildman–Crippen MR) is 51.0 cm³/mol. The van der Waals surface area contributed by atoms with Crippen LogP contribution in [0.1, 0.15) is 19.8 Å². The van der Waals surface area contributed by atoms with Gasteiger partial charge in [0.15, 0.2) is 0 Å². The summed E-state index contributed by atoms with van der Waals surface area (Å²) in [7, 11) is 0. The van der Waals surface area contributed by atoms with Gasteiger partial charge in [0, 0.05) is 0 Å². The molecule has 0 radical (unpaired) electrons. The SMILES string of the molecule is C[C@H](N)C(=O)OCC1CC1.O=C(O)C(F)(F)F. The van der Waals surface area contributed by atoms with Crippen LogP contribution in [0.5, 0.6) is 0 Å². The Morgan fingerprint density at radius 1 is 1.47 bits per heavy atom. The highest BCUT2D eigenvalue weighted by Gasteiger charge is 2.38. The normalized spacial score (nSPS) is 16.5. The van der Waals surface area contributed by atoms with Crippen molar-refractivity contribution in [2.45, 2.75) is 32.0 Å². The zero-order valence-electron chi connectivity index (χ0n) is 9.16. The summed E-state index contributed by atoms with van der Waals surface area (Å²) in [5.41, 5.74) is 5.27. The van der Waals surface area contributed by atoms with Crippen LogP contribution in [0.2, 0.25) is 0 Å². The number of halogens is 3. The minimum Gasteiger partial charge on any atom is -0.475 e. The third-order valence-electron chi connectivity index (χ3n) is 1.77. The van der Waals surface area contributed by atoms with Crippen LogP contribution in [-0.2, 0) is 14.3 Å². The van der Waals surface area contributed by atoms with Gasteiger partial charge in [-0.15, -0.1) is 0 Å². The molecule has 0 bridgehead atoms. The lowest BCUT2D eigenvalue weighted by atomic mass is 10.4. The summed E-state index contributed by atoms with van der Waals surface area (Å²) >= 11 is 0. The number of nitrogens with two attached hydrogens (primary N) is 1. The smallest absolute Gasteiger partial charge is 0.475 e. The number of ether oxygens (including phenoxy) is 1. The first kappa shape index (κ1) is 15.7. The number of carbonyl (C=O) groups excluding carboxylic acids is 1. The Bertz CT molecular complexity index is 274. The van der Waals surface area contributed by atoms with Gasteiger partial charge in [0.1, 0.15) is 6.04 Å². The molecule has 3 N–H and O–H groups in total. The van der Waals surface area contributed by atoms with E-state index in [-0.39, 0.29) is 5.97 Å². The molecule has 0 spiro atoms. The second-order valence-electron chi connectivity index (χ2n) is 3.67. The summed E-state index contributed by atoms with van der Waals surface area (Å²) in [5.74, 6) is -2.41. The van der Waals surface area contributed by atoms with Crippen molar-refractivity contribution in [3.05, 3.63) is 0 Å². The van der Waals surface area contributed by atoms with Gasteiger partial charge in [0.2, 0.25) is 0 Å². The number of hydrogen-bond acceptors (Lipinski definition) is 4. The third kappa shape index (κ3) is 8.49. The molecular formula is C9H14F3NO4. The number of rotatable bonds is 3. The van der Waals surface area contributed by atoms with E-state index in [1.807, 2.05) is 0 Å². The molecule has 0 aliphatic heterocycles. The summed E-state index contributed by atoms with van der Waals surface area (Å²) in [5, 5.41) is 7.12. The van der Waals surface area contributed by atoms with Gasteiger partial charge in [-0.25, -0.2) is 4.79 Å². The van der Waals surface area contributed by atoms with Crippen LogP contribution >= 0.6 is 0 Å². The Balaban J connectivity index is 0.000000325. The fraction of sp³-hybridized carbons (Fsp3) is 0.778. The fourth-order valence-electron chi connectivity index (χ4n) is 0.616. The first-order chi connectivity index (χ1) is 7.64. The molecule has 1 atom stereocenters. The average molecular weight is 257 g/mol. The van der Waals surface area contributed by atoms with Gasteiger partial charge in [0.05, 0.1) is 6.61 Å². The zero-order valence-corrected chi connectivity index (χ0v) is 9.16. The highest BCUT2D eigenvalue weighted by Crippen LogP contribution is 2.28. The number of esters is 1. The number of hydrogen-bond donors (Lipinski definition) is 2. The molecule has 8 heteroatoms. The van der Waals surface area contributed by atoms with Crippen LogP contribution < -0.4 is 5.73 Å². The number of aliphatic carboxylic acids is 1. The molecule has 1 saturated carbocycles. The van der Waals surface area contributed by atoms with Crippen LogP contribution in [0.25, 0.3) is 0 Å². The zero-order chi connectivity index (χ0) is 13.6. The standard InChI is InChI=1S/C7H13NO2.C2HF3O2/c1-5(8)7(9)10-4-6-2-3-6;3-2(4,5)1(6)7/h5-6H,2-4,8H2,1H3;(H,6,7)/t5-;/m0./s1. The second-order valence-corrected chi connectivity index (χ2v) is 3.67. The van der Waals surface area contributed by atoms with Crippen molar-refractivity contribution in [1.29, 1.82) is 0 Å². The van der Waals surface area contributed by atoms with Gasteiger partial charge in [-0.2, -0.15) is 13.2 Å². The maximum Gasteiger partial charge on any atom is 0.490 e. The van der Waals surface area contributed by atoms with E-state index in [2.05, 4.69) is 0 Å². The van der Waals surface area contributed by atoms with Crippen LogP contribution in [0, 0.1) is 5.92 Å². The number of carboxylic acid groups (broad SMARTS) is 1. The van der Waals surface area contributed by atoms with E-state index in [9.17, 15) is 18.0 Å². The van der Waals surface area contributed by atoms with Crippen LogP contribution in [0.3, 0.4) is 0 Å². The summed E-state index contributed by atoms with van der Waals surface area (Å²) in [6.45, 7) is 2.20. The molecule has 0 aromatic carbocycles. The average Bonchev–Trinajstić information content (AvgIpc) is 2.96. The van der Waals surface area contributed by atoms with Crippen molar-refractivity contribution < 1.29 is 32.6 Å². The fourth-order valence-corrected chi connectivity index (χ4v) is 0.616. The van der Waals surface area contributed by atoms with Gasteiger partial charge in [-0.3, -0.25) is 4.79 Å². The van der Waals surface area contributed by atoms with E-state index in [4.69, 9.17) is 20.4 Å². The Kier molecular flexibility index (Phi) is 5.94. The monoisotopic (exact) mass is 257 g/mol. The van der Waals surface area contributed by atoms with Crippen LogP contribution in [-0.4, -0.2) is 35.9 Å². The van der Waals surface area contributed by atoms with Crippen molar-refractivity contribution in [3.63, 3.8) is 0 Å². The van der Waals surface area contributed by atoms with Gasteiger partial charge in [0.25, 0.3) is 0 Å². The molecule has 5 nitrogen and oxygen atoms in total. The Morgan fingerprint density at radius 3 is 2.12 bits per heavy atom. The van der Waals surface area contributed by atoms with Crippen molar-refractivity contribution >= 4 is 11.9 Å². The Morgan fingerprint density at radius 2 is 1.88 bits per heavy atom. The van der Waals surface area contributed by atoms with E-state index in [0.717, 1.165) is 0 Å². The highest BCUT2D eigenvalue weighted by molar-refractivity contribution is 5.74. The number of carbonyl (C=O) groups is 2. The molecule has 17 heavy (non-hydrogen) atoms. The second kappa shape index (κ2) is 6.43. The Hall–Kier alpha value is -1.31. The molecule has 0 amide bonds. The van der Waals surface area contributed by atoms with Gasteiger partial charge in [-0.1, -0.05) is 0 Å². The molecule has 0 aromatic rings. The van der Waals surface area contributed by atoms with Gasteiger partial charge < -0.3 is 15.6 Å². The summed E-state index contributed by atoms with van der Waals surface area (Å²) in [4.78, 5) is 19.6. The first-order valence-corrected chi connectivity index (χ1v) is 4.87. The first-order valence-electron chi connectivity index (χ1n) is 4.87. The molecule has 1 aliphatic rings. The molecular weight excluding hydrogens is 243 g/mol. The molecule has 1 rings (SSSR count). The van der Waals surface area contributed by atoms with Crippen LogP contribution in [0.4, 0.5) is 13.2 Å². The molecule has 1 fully saturated rings. The minimum atomic E-state index is -5.08. The van der Waals surface area contributed by atoms with Gasteiger partial charge in [-0.05, 0) is 25.7 Å². The lowest BCUT2D eigenvalue weighted by Crippen LogP contribution is -2.29. The van der Waals surface area contributed by atoms with E-state index in [1.54, 1.807) is 6.92 Å². The summed E-state index contributed by atoms with van der Waals surface area (Å²) in [6, 6.07) is -0.473. The van der Waals surface area contributed by atoms with E-state index in [0.29, 0.717) is 12.5 Å². The molecule has 0 aromatic heterocycles. The molecule has 0 unspecified atom stereocenters. The topological polar surface area (TPSA) is 89.6 Å². The molecule has 100 valence electrons. The maximum atomic E-state index is 10.7. The summed E-state index contributed by atoms with van der Waals surface area (Å²) < 4.78 is 36.6. The van der Waals surface area contributed by atoms with E-state index >= 15 is 0 Å². The minimum absolute atomic E-state index is 0.285. The predicted octanol–water partition coefficient (Wildman–Crippen LogP) is 0.920. The van der Waals surface area contributed by atoms with E-state index in [1.165, 1.54) is 12.8 Å². The van der Waals surface area contributed by atoms with Gasteiger partial charge >= 0.3 is 18.1 Å². The van der Waals surface area contributed by atoms with Crippen molar-refractivity contribution in [3.8, 4) is 0 Å². The van der Waals surface area contributed by atoms with Crippen LogP contribution in [0.15, 0.2) is 0 Å². The Labute approximate surface area is 95.7 Å². The molecule has 0 heterocycles.